The van der Waals surface area contributed by atoms with Crippen molar-refractivity contribution in [1.82, 2.24) is 9.80 Å². The Morgan fingerprint density at radius 1 is 1.10 bits per heavy atom. The van der Waals surface area contributed by atoms with Crippen molar-refractivity contribution in [3.63, 3.8) is 0 Å². The molecular weight excluding hydrogens is 370 g/mol. The van der Waals surface area contributed by atoms with Crippen LogP contribution in [0.1, 0.15) is 34.3 Å². The van der Waals surface area contributed by atoms with Crippen LogP contribution in [0.4, 0.5) is 4.39 Å². The second-order valence-corrected chi connectivity index (χ2v) is 7.82. The Morgan fingerprint density at radius 2 is 1.83 bits per heavy atom. The van der Waals surface area contributed by atoms with Crippen LogP contribution in [0, 0.1) is 5.82 Å². The first-order valence-electron chi connectivity index (χ1n) is 10.2. The van der Waals surface area contributed by atoms with E-state index in [2.05, 4.69) is 34.1 Å². The maximum atomic E-state index is 14.3. The second-order valence-electron chi connectivity index (χ2n) is 7.82. The Balaban J connectivity index is 1.22. The summed E-state index contributed by atoms with van der Waals surface area (Å²) >= 11 is 0. The third kappa shape index (κ3) is 4.93. The Morgan fingerprint density at radius 3 is 2.59 bits per heavy atom. The van der Waals surface area contributed by atoms with Crippen LogP contribution in [-0.2, 0) is 17.8 Å². The fourth-order valence-corrected chi connectivity index (χ4v) is 4.07. The number of carbonyl (C=O) groups is 1. The van der Waals surface area contributed by atoms with Crippen molar-refractivity contribution in [3.05, 3.63) is 65.0 Å². The highest BCUT2D eigenvalue weighted by Gasteiger charge is 2.30. The first kappa shape index (κ1) is 20.2. The Hall–Kier alpha value is -2.06. The van der Waals surface area contributed by atoms with Crippen LogP contribution in [-0.4, -0.2) is 60.4 Å². The number of nitrogens with zero attached hydrogens (tertiary/aromatic N) is 2. The average molecular weight is 396 g/mol. The second kappa shape index (κ2) is 9.18. The van der Waals surface area contributed by atoms with Crippen LogP contribution in [0.15, 0.2) is 42.5 Å². The van der Waals surface area contributed by atoms with Gasteiger partial charge in [-0.25, -0.2) is 4.39 Å². The summed E-state index contributed by atoms with van der Waals surface area (Å²) in [7, 11) is -1.07. The third-order valence-electron chi connectivity index (χ3n) is 5.78. The van der Waals surface area contributed by atoms with E-state index in [4.69, 9.17) is 4.65 Å². The molecule has 152 valence electrons. The van der Waals surface area contributed by atoms with Crippen molar-refractivity contribution in [2.45, 2.75) is 26.0 Å². The monoisotopic (exact) mass is 396 g/mol. The molecule has 4 rings (SSSR count). The minimum absolute atomic E-state index is 0.0565. The lowest BCUT2D eigenvalue weighted by atomic mass is 9.78. The molecule has 2 aliphatic rings. The van der Waals surface area contributed by atoms with Gasteiger partial charge in [-0.15, -0.1) is 0 Å². The lowest BCUT2D eigenvalue weighted by Gasteiger charge is -2.34. The van der Waals surface area contributed by atoms with E-state index < -0.39 is 12.9 Å². The van der Waals surface area contributed by atoms with Crippen molar-refractivity contribution in [2.75, 3.05) is 32.7 Å². The number of fused-ring (bicyclic) bond motifs is 1. The van der Waals surface area contributed by atoms with E-state index in [9.17, 15) is 14.2 Å². The fourth-order valence-electron chi connectivity index (χ4n) is 4.07. The predicted octanol–water partition coefficient (Wildman–Crippen LogP) is 1.82. The van der Waals surface area contributed by atoms with E-state index in [0.717, 1.165) is 39.3 Å². The van der Waals surface area contributed by atoms with Crippen LogP contribution in [0.2, 0.25) is 0 Å². The normalized spacial score (nSPS) is 17.5. The van der Waals surface area contributed by atoms with Crippen LogP contribution < -0.4 is 5.46 Å². The topological polar surface area (TPSA) is 53.0 Å². The molecule has 2 aliphatic heterocycles. The number of ketones is 1. The average Bonchev–Trinajstić information content (AvgIpc) is 3.09. The molecule has 0 aliphatic carbocycles. The lowest BCUT2D eigenvalue weighted by molar-refractivity contribution is 0.0955. The van der Waals surface area contributed by atoms with Crippen molar-refractivity contribution in [2.24, 2.45) is 0 Å². The van der Waals surface area contributed by atoms with Crippen LogP contribution in [0.5, 0.6) is 0 Å². The molecule has 5 nitrogen and oxygen atoms in total. The summed E-state index contributed by atoms with van der Waals surface area (Å²) in [4.78, 5) is 17.3. The van der Waals surface area contributed by atoms with Crippen LogP contribution in [0.25, 0.3) is 0 Å². The number of rotatable bonds is 7. The van der Waals surface area contributed by atoms with Gasteiger partial charge in [0, 0.05) is 39.1 Å². The molecular formula is C22H26BFN2O3. The molecule has 0 atom stereocenters. The van der Waals surface area contributed by atoms with Gasteiger partial charge in [0.1, 0.15) is 5.82 Å². The number of Topliss-reactive ketones (excluding diaryl/α,β-unsaturated/α-hetero) is 1. The van der Waals surface area contributed by atoms with E-state index in [1.54, 1.807) is 0 Å². The molecule has 1 N–H and O–H groups in total. The van der Waals surface area contributed by atoms with Crippen molar-refractivity contribution < 1.29 is 18.9 Å². The van der Waals surface area contributed by atoms with Gasteiger partial charge in [0.2, 0.25) is 0 Å². The van der Waals surface area contributed by atoms with Gasteiger partial charge in [-0.1, -0.05) is 30.3 Å². The minimum Gasteiger partial charge on any atom is -0.423 e. The first-order chi connectivity index (χ1) is 14.1. The highest BCUT2D eigenvalue weighted by molar-refractivity contribution is 6.61. The quantitative estimate of drug-likeness (QED) is 0.572. The molecule has 1 fully saturated rings. The maximum Gasteiger partial charge on any atom is 0.491 e. The van der Waals surface area contributed by atoms with Crippen LogP contribution >= 0.6 is 0 Å². The van der Waals surface area contributed by atoms with Crippen molar-refractivity contribution in [3.8, 4) is 0 Å². The highest BCUT2D eigenvalue weighted by atomic mass is 19.1. The van der Waals surface area contributed by atoms with Gasteiger partial charge >= 0.3 is 7.12 Å². The third-order valence-corrected chi connectivity index (χ3v) is 5.78. The zero-order chi connectivity index (χ0) is 20.2. The van der Waals surface area contributed by atoms with Crippen molar-refractivity contribution in [1.29, 1.82) is 0 Å². The summed E-state index contributed by atoms with van der Waals surface area (Å²) in [6.45, 7) is 5.98. The molecule has 0 saturated carbocycles. The minimum atomic E-state index is -1.07. The maximum absolute atomic E-state index is 14.3. The molecule has 2 aromatic carbocycles. The zero-order valence-electron chi connectivity index (χ0n) is 16.5. The lowest BCUT2D eigenvalue weighted by Crippen LogP contribution is -2.46. The van der Waals surface area contributed by atoms with E-state index in [1.165, 1.54) is 17.7 Å². The predicted molar refractivity (Wildman–Crippen MR) is 111 cm³/mol. The summed E-state index contributed by atoms with van der Waals surface area (Å²) in [6.07, 6.45) is 1.00. The summed E-state index contributed by atoms with van der Waals surface area (Å²) in [5.74, 6) is -0.743. The molecule has 2 heterocycles. The summed E-state index contributed by atoms with van der Waals surface area (Å²) in [5, 5.41) is 9.77. The molecule has 0 radical (unpaired) electrons. The number of hydrogen-bond acceptors (Lipinski definition) is 5. The fraction of sp³-hybridized carbons (Fsp3) is 0.409. The summed E-state index contributed by atoms with van der Waals surface area (Å²) < 4.78 is 19.3. The number of carbonyl (C=O) groups excluding carboxylic acids is 1. The summed E-state index contributed by atoms with van der Waals surface area (Å²) in [6, 6.07) is 13.2. The van der Waals surface area contributed by atoms with E-state index in [0.29, 0.717) is 23.9 Å². The van der Waals surface area contributed by atoms with Gasteiger partial charge in [0.05, 0.1) is 12.2 Å². The number of piperazine rings is 1. The van der Waals surface area contributed by atoms with E-state index in [-0.39, 0.29) is 18.0 Å². The smallest absolute Gasteiger partial charge is 0.423 e. The molecule has 2 aromatic rings. The highest BCUT2D eigenvalue weighted by Crippen LogP contribution is 2.17. The van der Waals surface area contributed by atoms with Gasteiger partial charge < -0.3 is 14.6 Å². The standard InChI is InChI=1S/C22H26BFN2O3/c24-21-13-18-16-29-23(28)20(18)14-19(21)22(27)7-4-8-25-9-11-26(12-10-25)15-17-5-2-1-3-6-17/h1-3,5-6,13-14,28H,4,7-12,15-16H2. The largest absolute Gasteiger partial charge is 0.491 e. The Labute approximate surface area is 171 Å². The molecule has 0 aromatic heterocycles. The molecule has 0 spiro atoms. The van der Waals surface area contributed by atoms with Crippen LogP contribution in [0.3, 0.4) is 0 Å². The molecule has 29 heavy (non-hydrogen) atoms. The van der Waals surface area contributed by atoms with Crippen molar-refractivity contribution >= 4 is 18.4 Å². The molecule has 1 saturated heterocycles. The number of benzene rings is 2. The van der Waals surface area contributed by atoms with Gasteiger partial charge in [0.15, 0.2) is 5.78 Å². The zero-order valence-corrected chi connectivity index (χ0v) is 16.5. The number of halogens is 1. The molecule has 0 unspecified atom stereocenters. The van der Waals surface area contributed by atoms with Gasteiger partial charge in [-0.3, -0.25) is 9.69 Å². The molecule has 7 heteroatoms. The Kier molecular flexibility index (Phi) is 6.40. The SMILES string of the molecule is O=C(CCCN1CCN(Cc2ccccc2)CC1)c1cc2c(cc1F)COB2O. The van der Waals surface area contributed by atoms with Gasteiger partial charge in [0.25, 0.3) is 0 Å². The van der Waals surface area contributed by atoms with Gasteiger partial charge in [-0.05, 0) is 41.7 Å². The first-order valence-corrected chi connectivity index (χ1v) is 10.2. The molecule has 0 amide bonds. The van der Waals surface area contributed by atoms with E-state index >= 15 is 0 Å². The molecule has 0 bridgehead atoms. The summed E-state index contributed by atoms with van der Waals surface area (Å²) in [5.41, 5.74) is 2.50. The Bertz CT molecular complexity index is 857. The van der Waals surface area contributed by atoms with E-state index in [1.807, 2.05) is 6.07 Å². The number of hydrogen-bond donors (Lipinski definition) is 1. The van der Waals surface area contributed by atoms with Gasteiger partial charge in [-0.2, -0.15) is 0 Å².